The zero-order chi connectivity index (χ0) is 11.5. The van der Waals surface area contributed by atoms with Crippen molar-refractivity contribution in [2.45, 2.75) is 71.1 Å². The van der Waals surface area contributed by atoms with Gasteiger partial charge in [-0.3, -0.25) is 0 Å². The Kier molecular flexibility index (Phi) is 2.40. The lowest BCUT2D eigenvalue weighted by molar-refractivity contribution is -0.121. The molecule has 0 heteroatoms. The van der Waals surface area contributed by atoms with Gasteiger partial charge in [0.25, 0.3) is 0 Å². The number of rotatable bonds is 0. The summed E-state index contributed by atoms with van der Waals surface area (Å²) in [5.41, 5.74) is 0.764. The molecule has 17 heavy (non-hydrogen) atoms. The molecule has 4 aliphatic carbocycles. The highest BCUT2D eigenvalue weighted by Gasteiger charge is 2.55. The predicted octanol–water partition coefficient (Wildman–Crippen LogP) is 5.03. The van der Waals surface area contributed by atoms with Crippen molar-refractivity contribution in [1.29, 1.82) is 0 Å². The van der Waals surface area contributed by atoms with E-state index in [1.807, 2.05) is 0 Å². The minimum Gasteiger partial charge on any atom is -0.0594 e. The molecule has 0 aromatic heterocycles. The van der Waals surface area contributed by atoms with Gasteiger partial charge in [0.1, 0.15) is 0 Å². The standard InChI is InChI=1S/C17H28/c1-17-10-3-6-14-8-7-12-4-2-5-13(9-11-17)15(12)16(14)17/h12-16H,2-11H2,1H3. The molecule has 0 spiro atoms. The van der Waals surface area contributed by atoms with Crippen molar-refractivity contribution in [3.63, 3.8) is 0 Å². The third-order valence-electron chi connectivity index (χ3n) is 7.28. The summed E-state index contributed by atoms with van der Waals surface area (Å²) < 4.78 is 0. The largest absolute Gasteiger partial charge is 0.0594 e. The highest BCUT2D eigenvalue weighted by atomic mass is 14.6. The minimum absolute atomic E-state index is 0.764. The molecule has 0 saturated heterocycles. The van der Waals surface area contributed by atoms with Gasteiger partial charge in [0.05, 0.1) is 0 Å². The van der Waals surface area contributed by atoms with E-state index in [4.69, 9.17) is 0 Å². The summed E-state index contributed by atoms with van der Waals surface area (Å²) in [6.07, 6.45) is 15.7. The Morgan fingerprint density at radius 1 is 0.706 bits per heavy atom. The maximum absolute atomic E-state index is 2.66. The van der Waals surface area contributed by atoms with Crippen LogP contribution in [0.5, 0.6) is 0 Å². The smallest absolute Gasteiger partial charge is 0.0292 e. The molecule has 0 amide bonds. The summed E-state index contributed by atoms with van der Waals surface area (Å²) in [5.74, 6) is 5.74. The molecular formula is C17H28. The van der Waals surface area contributed by atoms with Gasteiger partial charge >= 0.3 is 0 Å². The molecule has 0 N–H and O–H groups in total. The van der Waals surface area contributed by atoms with E-state index < -0.39 is 0 Å². The molecule has 0 radical (unpaired) electrons. The topological polar surface area (TPSA) is 0 Å². The van der Waals surface area contributed by atoms with Crippen LogP contribution in [0.4, 0.5) is 0 Å². The van der Waals surface area contributed by atoms with Crippen LogP contribution < -0.4 is 0 Å². The first-order valence-electron chi connectivity index (χ1n) is 8.28. The van der Waals surface area contributed by atoms with Gasteiger partial charge in [-0.2, -0.15) is 0 Å². The first kappa shape index (κ1) is 10.9. The molecular weight excluding hydrogens is 204 g/mol. The lowest BCUT2D eigenvalue weighted by atomic mass is 9.44. The Labute approximate surface area is 107 Å². The normalized spacial score (nSPS) is 57.4. The van der Waals surface area contributed by atoms with E-state index >= 15 is 0 Å². The Hall–Kier alpha value is 0. The van der Waals surface area contributed by atoms with Gasteiger partial charge in [-0.1, -0.05) is 39.0 Å². The summed E-state index contributed by atoms with van der Waals surface area (Å²) in [6.45, 7) is 2.66. The van der Waals surface area contributed by atoms with Crippen molar-refractivity contribution < 1.29 is 0 Å². The van der Waals surface area contributed by atoms with Gasteiger partial charge in [-0.25, -0.2) is 0 Å². The molecule has 4 rings (SSSR count). The maximum Gasteiger partial charge on any atom is -0.0292 e. The monoisotopic (exact) mass is 232 g/mol. The average molecular weight is 232 g/mol. The Morgan fingerprint density at radius 3 is 2.29 bits per heavy atom. The van der Waals surface area contributed by atoms with Crippen molar-refractivity contribution >= 4 is 0 Å². The highest BCUT2D eigenvalue weighted by Crippen LogP contribution is 2.64. The van der Waals surface area contributed by atoms with Gasteiger partial charge in [0.15, 0.2) is 0 Å². The van der Waals surface area contributed by atoms with E-state index in [2.05, 4.69) is 6.92 Å². The minimum atomic E-state index is 0.764. The van der Waals surface area contributed by atoms with Crippen molar-refractivity contribution in [3.05, 3.63) is 0 Å². The molecule has 0 aliphatic heterocycles. The summed E-state index contributed by atoms with van der Waals surface area (Å²) in [7, 11) is 0. The molecule has 4 aliphatic rings. The molecule has 4 saturated carbocycles. The predicted molar refractivity (Wildman–Crippen MR) is 71.7 cm³/mol. The van der Waals surface area contributed by atoms with Gasteiger partial charge in [-0.05, 0) is 67.1 Å². The molecule has 6 atom stereocenters. The van der Waals surface area contributed by atoms with Gasteiger partial charge in [0, 0.05) is 0 Å². The highest BCUT2D eigenvalue weighted by molar-refractivity contribution is 5.05. The van der Waals surface area contributed by atoms with Crippen LogP contribution in [-0.2, 0) is 0 Å². The van der Waals surface area contributed by atoms with Crippen molar-refractivity contribution in [2.75, 3.05) is 0 Å². The van der Waals surface area contributed by atoms with E-state index in [1.54, 1.807) is 64.2 Å². The number of hydrogen-bond acceptors (Lipinski definition) is 0. The van der Waals surface area contributed by atoms with Crippen molar-refractivity contribution in [3.8, 4) is 0 Å². The Morgan fingerprint density at radius 2 is 1.41 bits per heavy atom. The summed E-state index contributed by atoms with van der Waals surface area (Å²) in [5, 5.41) is 0. The van der Waals surface area contributed by atoms with Gasteiger partial charge in [-0.15, -0.1) is 0 Å². The van der Waals surface area contributed by atoms with Crippen LogP contribution in [0, 0.1) is 35.0 Å². The van der Waals surface area contributed by atoms with Crippen LogP contribution in [0.15, 0.2) is 0 Å². The lowest BCUT2D eigenvalue weighted by Gasteiger charge is -2.61. The fraction of sp³-hybridized carbons (Fsp3) is 1.00. The summed E-state index contributed by atoms with van der Waals surface area (Å²) >= 11 is 0. The van der Waals surface area contributed by atoms with Crippen LogP contribution in [0.2, 0.25) is 0 Å². The summed E-state index contributed by atoms with van der Waals surface area (Å²) in [6, 6.07) is 0. The van der Waals surface area contributed by atoms with Crippen LogP contribution >= 0.6 is 0 Å². The van der Waals surface area contributed by atoms with Crippen molar-refractivity contribution in [2.24, 2.45) is 35.0 Å². The average Bonchev–Trinajstić information content (AvgIpc) is 2.36. The Balaban J connectivity index is 1.72. The van der Waals surface area contributed by atoms with Crippen LogP contribution in [0.1, 0.15) is 71.1 Å². The van der Waals surface area contributed by atoms with Crippen LogP contribution in [0.25, 0.3) is 0 Å². The first-order chi connectivity index (χ1) is 8.28. The van der Waals surface area contributed by atoms with E-state index in [9.17, 15) is 0 Å². The third kappa shape index (κ3) is 1.48. The van der Waals surface area contributed by atoms with E-state index in [-0.39, 0.29) is 0 Å². The summed E-state index contributed by atoms with van der Waals surface area (Å²) in [4.78, 5) is 0. The molecule has 6 unspecified atom stereocenters. The van der Waals surface area contributed by atoms with Crippen LogP contribution in [0.3, 0.4) is 0 Å². The van der Waals surface area contributed by atoms with Crippen LogP contribution in [-0.4, -0.2) is 0 Å². The molecule has 96 valence electrons. The van der Waals surface area contributed by atoms with E-state index in [1.165, 1.54) is 5.92 Å². The maximum atomic E-state index is 2.66. The molecule has 0 aromatic rings. The van der Waals surface area contributed by atoms with Gasteiger partial charge < -0.3 is 0 Å². The lowest BCUT2D eigenvalue weighted by Crippen LogP contribution is -2.53. The first-order valence-corrected chi connectivity index (χ1v) is 8.28. The zero-order valence-corrected chi connectivity index (χ0v) is 11.5. The number of hydrogen-bond donors (Lipinski definition) is 0. The quantitative estimate of drug-likeness (QED) is 0.549. The molecule has 0 nitrogen and oxygen atoms in total. The van der Waals surface area contributed by atoms with E-state index in [0.29, 0.717) is 0 Å². The fourth-order valence-electron chi connectivity index (χ4n) is 6.69. The SMILES string of the molecule is CC12CCCC3CCC4CCCC(CC1)C4C32. The fourth-order valence-corrected chi connectivity index (χ4v) is 6.69. The second-order valence-corrected chi connectivity index (χ2v) is 7.98. The Bertz CT molecular complexity index is 301. The second-order valence-electron chi connectivity index (χ2n) is 7.98. The zero-order valence-electron chi connectivity index (χ0n) is 11.5. The molecule has 0 bridgehead atoms. The third-order valence-corrected chi connectivity index (χ3v) is 7.28. The molecule has 4 fully saturated rings. The van der Waals surface area contributed by atoms with Crippen molar-refractivity contribution in [1.82, 2.24) is 0 Å². The van der Waals surface area contributed by atoms with Gasteiger partial charge in [0.2, 0.25) is 0 Å². The van der Waals surface area contributed by atoms with E-state index in [0.717, 1.165) is 29.1 Å². The second kappa shape index (κ2) is 3.75. The molecule has 0 heterocycles. The molecule has 0 aromatic carbocycles.